The van der Waals surface area contributed by atoms with E-state index in [4.69, 9.17) is 15.2 Å². The summed E-state index contributed by atoms with van der Waals surface area (Å²) in [6.07, 6.45) is 1.09. The number of carbonyl (C=O) groups excluding carboxylic acids is 1. The maximum atomic E-state index is 11.9. The topological polar surface area (TPSA) is 73.6 Å². The molecular formula is C16H16N2O3. The van der Waals surface area contributed by atoms with Gasteiger partial charge in [0.2, 0.25) is 12.7 Å². The molecule has 0 radical (unpaired) electrons. The molecule has 1 amide bonds. The second-order valence-corrected chi connectivity index (χ2v) is 4.86. The second-order valence-electron chi connectivity index (χ2n) is 4.86. The molecule has 2 aromatic rings. The van der Waals surface area contributed by atoms with E-state index in [1.807, 2.05) is 24.3 Å². The molecule has 2 aromatic carbocycles. The molecule has 0 spiro atoms. The van der Waals surface area contributed by atoms with Gasteiger partial charge in [0.05, 0.1) is 0 Å². The maximum Gasteiger partial charge on any atom is 0.231 e. The van der Waals surface area contributed by atoms with Crippen molar-refractivity contribution in [3.05, 3.63) is 48.0 Å². The number of benzene rings is 2. The van der Waals surface area contributed by atoms with Crippen LogP contribution >= 0.6 is 0 Å². The molecule has 1 aliphatic heterocycles. The number of hydrogen-bond donors (Lipinski definition) is 2. The van der Waals surface area contributed by atoms with Gasteiger partial charge in [-0.25, -0.2) is 0 Å². The number of rotatable bonds is 4. The van der Waals surface area contributed by atoms with Crippen molar-refractivity contribution in [2.75, 3.05) is 17.8 Å². The highest BCUT2D eigenvalue weighted by Crippen LogP contribution is 2.34. The van der Waals surface area contributed by atoms with E-state index in [0.29, 0.717) is 30.0 Å². The normalized spacial score (nSPS) is 12.2. The van der Waals surface area contributed by atoms with E-state index in [2.05, 4.69) is 5.32 Å². The highest BCUT2D eigenvalue weighted by Gasteiger charge is 2.14. The van der Waals surface area contributed by atoms with Gasteiger partial charge in [-0.15, -0.1) is 0 Å². The van der Waals surface area contributed by atoms with Crippen molar-refractivity contribution in [2.45, 2.75) is 12.8 Å². The number of carbonyl (C=O) groups is 1. The lowest BCUT2D eigenvalue weighted by atomic mass is 10.1. The van der Waals surface area contributed by atoms with E-state index < -0.39 is 0 Å². The molecule has 5 nitrogen and oxygen atoms in total. The SMILES string of the molecule is Nc1ccc(CCC(=O)Nc2ccc3c(c2)OCO3)cc1. The fraction of sp³-hybridized carbons (Fsp3) is 0.188. The summed E-state index contributed by atoms with van der Waals surface area (Å²) in [6.45, 7) is 0.226. The molecule has 21 heavy (non-hydrogen) atoms. The molecule has 0 aliphatic carbocycles. The number of nitrogens with two attached hydrogens (primary N) is 1. The first-order chi connectivity index (χ1) is 10.2. The predicted molar refractivity (Wildman–Crippen MR) is 80.4 cm³/mol. The van der Waals surface area contributed by atoms with Crippen LogP contribution in [0.3, 0.4) is 0 Å². The number of nitrogen functional groups attached to an aromatic ring is 1. The summed E-state index contributed by atoms with van der Waals surface area (Å²) in [5, 5.41) is 2.85. The number of ether oxygens (including phenoxy) is 2. The third kappa shape index (κ3) is 3.25. The zero-order valence-electron chi connectivity index (χ0n) is 11.5. The van der Waals surface area contributed by atoms with Crippen LogP contribution in [0, 0.1) is 0 Å². The molecule has 0 aromatic heterocycles. The Morgan fingerprint density at radius 3 is 2.67 bits per heavy atom. The van der Waals surface area contributed by atoms with Gasteiger partial charge in [-0.05, 0) is 36.2 Å². The van der Waals surface area contributed by atoms with E-state index in [1.165, 1.54) is 0 Å². The lowest BCUT2D eigenvalue weighted by Gasteiger charge is -2.06. The summed E-state index contributed by atoms with van der Waals surface area (Å²) in [7, 11) is 0. The van der Waals surface area contributed by atoms with Crippen LogP contribution in [0.15, 0.2) is 42.5 Å². The Labute approximate surface area is 122 Å². The summed E-state index contributed by atoms with van der Waals surface area (Å²) < 4.78 is 10.5. The van der Waals surface area contributed by atoms with Crippen LogP contribution in [0.4, 0.5) is 11.4 Å². The van der Waals surface area contributed by atoms with E-state index in [9.17, 15) is 4.79 Å². The van der Waals surface area contributed by atoms with Crippen molar-refractivity contribution in [2.24, 2.45) is 0 Å². The van der Waals surface area contributed by atoms with Crippen molar-refractivity contribution in [1.29, 1.82) is 0 Å². The molecular weight excluding hydrogens is 268 g/mol. The standard InChI is InChI=1S/C16H16N2O3/c17-12-4-1-11(2-5-12)3-8-16(19)18-13-6-7-14-15(9-13)21-10-20-14/h1-2,4-7,9H,3,8,10,17H2,(H,18,19). The zero-order valence-corrected chi connectivity index (χ0v) is 11.5. The molecule has 108 valence electrons. The molecule has 0 atom stereocenters. The maximum absolute atomic E-state index is 11.9. The minimum Gasteiger partial charge on any atom is -0.454 e. The number of aryl methyl sites for hydroxylation is 1. The van der Waals surface area contributed by atoms with Crippen molar-refractivity contribution in [1.82, 2.24) is 0 Å². The Hall–Kier alpha value is -2.69. The van der Waals surface area contributed by atoms with Crippen molar-refractivity contribution < 1.29 is 14.3 Å². The van der Waals surface area contributed by atoms with E-state index in [-0.39, 0.29) is 12.7 Å². The van der Waals surface area contributed by atoms with Gasteiger partial charge in [0, 0.05) is 23.9 Å². The highest BCUT2D eigenvalue weighted by atomic mass is 16.7. The molecule has 5 heteroatoms. The number of nitrogens with one attached hydrogen (secondary N) is 1. The highest BCUT2D eigenvalue weighted by molar-refractivity contribution is 5.91. The van der Waals surface area contributed by atoms with Crippen LogP contribution in [-0.4, -0.2) is 12.7 Å². The lowest BCUT2D eigenvalue weighted by molar-refractivity contribution is -0.116. The first-order valence-electron chi connectivity index (χ1n) is 6.74. The van der Waals surface area contributed by atoms with E-state index in [0.717, 1.165) is 11.3 Å². The Morgan fingerprint density at radius 1 is 1.10 bits per heavy atom. The lowest BCUT2D eigenvalue weighted by Crippen LogP contribution is -2.12. The number of amides is 1. The average Bonchev–Trinajstić information content (AvgIpc) is 2.94. The van der Waals surface area contributed by atoms with Gasteiger partial charge in [-0.2, -0.15) is 0 Å². The number of fused-ring (bicyclic) bond motifs is 1. The third-order valence-electron chi connectivity index (χ3n) is 3.28. The van der Waals surface area contributed by atoms with Gasteiger partial charge in [-0.1, -0.05) is 12.1 Å². The minimum atomic E-state index is -0.0364. The smallest absolute Gasteiger partial charge is 0.231 e. The van der Waals surface area contributed by atoms with Gasteiger partial charge >= 0.3 is 0 Å². The van der Waals surface area contributed by atoms with E-state index >= 15 is 0 Å². The summed E-state index contributed by atoms with van der Waals surface area (Å²) in [6, 6.07) is 12.9. The molecule has 1 heterocycles. The molecule has 0 saturated carbocycles. The average molecular weight is 284 g/mol. The largest absolute Gasteiger partial charge is 0.454 e. The molecule has 3 N–H and O–H groups in total. The first kappa shape index (κ1) is 13.3. The predicted octanol–water partition coefficient (Wildman–Crippen LogP) is 2.57. The van der Waals surface area contributed by atoms with Crippen LogP contribution in [0.5, 0.6) is 11.5 Å². The summed E-state index contributed by atoms with van der Waals surface area (Å²) in [5.41, 5.74) is 8.15. The van der Waals surface area contributed by atoms with Crippen LogP contribution in [0.2, 0.25) is 0 Å². The minimum absolute atomic E-state index is 0.0364. The summed E-state index contributed by atoms with van der Waals surface area (Å²) >= 11 is 0. The van der Waals surface area contributed by atoms with E-state index in [1.54, 1.807) is 18.2 Å². The molecule has 0 saturated heterocycles. The number of hydrogen-bond acceptors (Lipinski definition) is 4. The summed E-state index contributed by atoms with van der Waals surface area (Å²) in [4.78, 5) is 11.9. The van der Waals surface area contributed by atoms with Crippen LogP contribution < -0.4 is 20.5 Å². The Balaban J connectivity index is 1.55. The zero-order chi connectivity index (χ0) is 14.7. The first-order valence-corrected chi connectivity index (χ1v) is 6.74. The van der Waals surface area contributed by atoms with Gasteiger partial charge < -0.3 is 20.5 Å². The van der Waals surface area contributed by atoms with Crippen LogP contribution in [0.25, 0.3) is 0 Å². The fourth-order valence-corrected chi connectivity index (χ4v) is 2.14. The molecule has 1 aliphatic rings. The van der Waals surface area contributed by atoms with Crippen LogP contribution in [-0.2, 0) is 11.2 Å². The third-order valence-corrected chi connectivity index (χ3v) is 3.28. The molecule has 0 fully saturated rings. The Kier molecular flexibility index (Phi) is 3.64. The van der Waals surface area contributed by atoms with Crippen molar-refractivity contribution in [3.63, 3.8) is 0 Å². The summed E-state index contributed by atoms with van der Waals surface area (Å²) in [5.74, 6) is 1.33. The fourth-order valence-electron chi connectivity index (χ4n) is 2.14. The van der Waals surface area contributed by atoms with Gasteiger partial charge in [0.25, 0.3) is 0 Å². The van der Waals surface area contributed by atoms with Gasteiger partial charge in [0.15, 0.2) is 11.5 Å². The Morgan fingerprint density at radius 2 is 1.86 bits per heavy atom. The quantitative estimate of drug-likeness (QED) is 0.846. The number of anilines is 2. The molecule has 0 unspecified atom stereocenters. The Bertz CT molecular complexity index is 653. The van der Waals surface area contributed by atoms with Crippen molar-refractivity contribution >= 4 is 17.3 Å². The van der Waals surface area contributed by atoms with Crippen molar-refractivity contribution in [3.8, 4) is 11.5 Å². The van der Waals surface area contributed by atoms with Crippen LogP contribution in [0.1, 0.15) is 12.0 Å². The second kappa shape index (κ2) is 5.75. The molecule has 0 bridgehead atoms. The van der Waals surface area contributed by atoms with Gasteiger partial charge in [-0.3, -0.25) is 4.79 Å². The monoisotopic (exact) mass is 284 g/mol. The molecule has 3 rings (SSSR count). The van der Waals surface area contributed by atoms with Gasteiger partial charge in [0.1, 0.15) is 0 Å².